The van der Waals surface area contributed by atoms with Crippen molar-refractivity contribution >= 4 is 50.9 Å². The Kier molecular flexibility index (Phi) is 5.21. The molecule has 19 heavy (non-hydrogen) atoms. The van der Waals surface area contributed by atoms with E-state index in [-0.39, 0.29) is 0 Å². The van der Waals surface area contributed by atoms with Crippen LogP contribution < -0.4 is 0 Å². The molecule has 0 radical (unpaired) electrons. The van der Waals surface area contributed by atoms with E-state index < -0.39 is 6.10 Å². The van der Waals surface area contributed by atoms with Gasteiger partial charge < -0.3 is 5.11 Å². The molecular weight excluding hydrogens is 367 g/mol. The first-order valence-corrected chi connectivity index (χ1v) is 7.94. The van der Waals surface area contributed by atoms with Gasteiger partial charge in [0.25, 0.3) is 0 Å². The highest BCUT2D eigenvalue weighted by Crippen LogP contribution is 2.35. The number of aliphatic hydroxyl groups is 1. The Balaban J connectivity index is 2.24. The van der Waals surface area contributed by atoms with Gasteiger partial charge in [-0.15, -0.1) is 0 Å². The zero-order valence-electron chi connectivity index (χ0n) is 10.0. The predicted molar refractivity (Wildman–Crippen MR) is 85.4 cm³/mol. The summed E-state index contributed by atoms with van der Waals surface area (Å²) in [5, 5.41) is 10.7. The molecule has 2 rings (SSSR count). The molecule has 0 aromatic heterocycles. The Hall–Kier alpha value is -0.190. The second kappa shape index (κ2) is 6.51. The van der Waals surface area contributed by atoms with Gasteiger partial charge in [-0.1, -0.05) is 57.0 Å². The molecule has 1 unspecified atom stereocenters. The van der Waals surface area contributed by atoms with Crippen LogP contribution in [0.2, 0.25) is 10.0 Å². The number of aliphatic hydroxyl groups excluding tert-OH is 1. The molecule has 0 amide bonds. The third-order valence-corrected chi connectivity index (χ3v) is 4.95. The van der Waals surface area contributed by atoms with Gasteiger partial charge in [-0.05, 0) is 42.8 Å². The minimum absolute atomic E-state index is 0.488. The molecule has 0 saturated carbocycles. The van der Waals surface area contributed by atoms with Gasteiger partial charge in [0.1, 0.15) is 0 Å². The van der Waals surface area contributed by atoms with Gasteiger partial charge in [-0.3, -0.25) is 0 Å². The summed E-state index contributed by atoms with van der Waals surface area (Å²) in [6.45, 7) is 1.74. The highest BCUT2D eigenvalue weighted by molar-refractivity contribution is 9.10. The van der Waals surface area contributed by atoms with E-state index in [2.05, 4.69) is 15.9 Å². The minimum Gasteiger partial charge on any atom is -0.389 e. The fourth-order valence-electron chi connectivity index (χ4n) is 1.59. The van der Waals surface area contributed by atoms with Crippen molar-refractivity contribution in [2.45, 2.75) is 22.8 Å². The van der Waals surface area contributed by atoms with E-state index in [1.165, 1.54) is 0 Å². The summed E-state index contributed by atoms with van der Waals surface area (Å²) in [4.78, 5) is 2.08. The third-order valence-electron chi connectivity index (χ3n) is 2.55. The van der Waals surface area contributed by atoms with Crippen LogP contribution in [0.3, 0.4) is 0 Å². The molecule has 1 nitrogen and oxygen atoms in total. The first kappa shape index (κ1) is 15.2. The van der Waals surface area contributed by atoms with Crippen molar-refractivity contribution in [3.05, 3.63) is 56.5 Å². The Bertz CT molecular complexity index is 602. The summed E-state index contributed by atoms with van der Waals surface area (Å²) < 4.78 is 0.896. The lowest BCUT2D eigenvalue weighted by molar-refractivity contribution is 0.198. The van der Waals surface area contributed by atoms with E-state index in [4.69, 9.17) is 23.2 Å². The standard InChI is InChI=1S/C14H11BrCl2OS/c1-8(18)11-4-2-9(6-12(11)15)19-10-3-5-13(16)14(17)7-10/h2-8,18H,1H3. The molecule has 100 valence electrons. The first-order chi connectivity index (χ1) is 8.97. The normalized spacial score (nSPS) is 12.5. The van der Waals surface area contributed by atoms with Crippen molar-refractivity contribution in [3.8, 4) is 0 Å². The van der Waals surface area contributed by atoms with E-state index in [9.17, 15) is 5.11 Å². The van der Waals surface area contributed by atoms with Gasteiger partial charge in [0, 0.05) is 14.3 Å². The first-order valence-electron chi connectivity index (χ1n) is 5.58. The SMILES string of the molecule is CC(O)c1ccc(Sc2ccc(Cl)c(Cl)c2)cc1Br. The molecule has 0 saturated heterocycles. The van der Waals surface area contributed by atoms with Crippen LogP contribution in [0.1, 0.15) is 18.6 Å². The highest BCUT2D eigenvalue weighted by Gasteiger charge is 2.08. The molecule has 0 fully saturated rings. The maximum atomic E-state index is 9.58. The lowest BCUT2D eigenvalue weighted by atomic mass is 10.1. The summed E-state index contributed by atoms with van der Waals surface area (Å²) in [6, 6.07) is 11.4. The van der Waals surface area contributed by atoms with Crippen molar-refractivity contribution in [1.29, 1.82) is 0 Å². The monoisotopic (exact) mass is 376 g/mol. The summed E-state index contributed by atoms with van der Waals surface area (Å²) in [7, 11) is 0. The third kappa shape index (κ3) is 3.89. The molecule has 0 aliphatic rings. The van der Waals surface area contributed by atoms with Gasteiger partial charge in [0.05, 0.1) is 16.1 Å². The van der Waals surface area contributed by atoms with E-state index in [0.29, 0.717) is 10.0 Å². The molecule has 0 aliphatic carbocycles. The quantitative estimate of drug-likeness (QED) is 0.711. The van der Waals surface area contributed by atoms with E-state index in [1.54, 1.807) is 24.8 Å². The van der Waals surface area contributed by atoms with Crippen LogP contribution >= 0.6 is 50.9 Å². The average Bonchev–Trinajstić information content (AvgIpc) is 2.33. The van der Waals surface area contributed by atoms with Crippen molar-refractivity contribution < 1.29 is 5.11 Å². The molecule has 0 aliphatic heterocycles. The van der Waals surface area contributed by atoms with Gasteiger partial charge in [0.2, 0.25) is 0 Å². The fraction of sp³-hybridized carbons (Fsp3) is 0.143. The molecular formula is C14H11BrCl2OS. The summed E-state index contributed by atoms with van der Waals surface area (Å²) in [6.07, 6.45) is -0.488. The average molecular weight is 378 g/mol. The summed E-state index contributed by atoms with van der Waals surface area (Å²) >= 11 is 16.9. The van der Waals surface area contributed by atoms with Crippen molar-refractivity contribution in [3.63, 3.8) is 0 Å². The van der Waals surface area contributed by atoms with Gasteiger partial charge in [-0.25, -0.2) is 0 Å². The topological polar surface area (TPSA) is 20.2 Å². The molecule has 2 aromatic carbocycles. The molecule has 0 spiro atoms. The Morgan fingerprint density at radius 3 is 2.26 bits per heavy atom. The highest BCUT2D eigenvalue weighted by atomic mass is 79.9. The number of rotatable bonds is 3. The van der Waals surface area contributed by atoms with Crippen LogP contribution in [-0.4, -0.2) is 5.11 Å². The second-order valence-corrected chi connectivity index (χ2v) is 6.85. The zero-order chi connectivity index (χ0) is 14.0. The lowest BCUT2D eigenvalue weighted by Gasteiger charge is -2.09. The molecule has 0 heterocycles. The van der Waals surface area contributed by atoms with E-state index in [1.807, 2.05) is 30.3 Å². The molecule has 1 N–H and O–H groups in total. The smallest absolute Gasteiger partial charge is 0.0772 e. The van der Waals surface area contributed by atoms with Gasteiger partial charge in [-0.2, -0.15) is 0 Å². The fourth-order valence-corrected chi connectivity index (χ4v) is 3.71. The van der Waals surface area contributed by atoms with Crippen LogP contribution in [-0.2, 0) is 0 Å². The van der Waals surface area contributed by atoms with E-state index in [0.717, 1.165) is 19.8 Å². The zero-order valence-corrected chi connectivity index (χ0v) is 13.9. The number of benzene rings is 2. The van der Waals surface area contributed by atoms with Crippen molar-refractivity contribution in [2.24, 2.45) is 0 Å². The molecule has 0 bridgehead atoms. The van der Waals surface area contributed by atoms with Crippen molar-refractivity contribution in [2.75, 3.05) is 0 Å². The van der Waals surface area contributed by atoms with Gasteiger partial charge in [0.15, 0.2) is 0 Å². The molecule has 5 heteroatoms. The van der Waals surface area contributed by atoms with Crippen LogP contribution in [0.4, 0.5) is 0 Å². The Morgan fingerprint density at radius 2 is 1.68 bits per heavy atom. The van der Waals surface area contributed by atoms with Gasteiger partial charge >= 0.3 is 0 Å². The maximum Gasteiger partial charge on any atom is 0.0772 e. The molecule has 1 atom stereocenters. The van der Waals surface area contributed by atoms with E-state index >= 15 is 0 Å². The molecule has 2 aromatic rings. The lowest BCUT2D eigenvalue weighted by Crippen LogP contribution is -1.92. The number of hydrogen-bond donors (Lipinski definition) is 1. The maximum absolute atomic E-state index is 9.58. The van der Waals surface area contributed by atoms with Crippen molar-refractivity contribution in [1.82, 2.24) is 0 Å². The number of halogens is 3. The van der Waals surface area contributed by atoms with Crippen LogP contribution in [0.5, 0.6) is 0 Å². The minimum atomic E-state index is -0.488. The second-order valence-electron chi connectivity index (χ2n) is 4.04. The predicted octanol–water partition coefficient (Wildman–Crippen LogP) is 5.96. The number of hydrogen-bond acceptors (Lipinski definition) is 2. The Labute approximate surface area is 135 Å². The summed E-state index contributed by atoms with van der Waals surface area (Å²) in [5.74, 6) is 0. The Morgan fingerprint density at radius 1 is 1.05 bits per heavy atom. The largest absolute Gasteiger partial charge is 0.389 e. The van der Waals surface area contributed by atoms with Crippen LogP contribution in [0.15, 0.2) is 50.7 Å². The van der Waals surface area contributed by atoms with Crippen LogP contribution in [0, 0.1) is 0 Å². The van der Waals surface area contributed by atoms with Crippen LogP contribution in [0.25, 0.3) is 0 Å². The summed E-state index contributed by atoms with van der Waals surface area (Å²) in [5.41, 5.74) is 0.874.